The lowest BCUT2D eigenvalue weighted by atomic mass is 9.99. The minimum Gasteiger partial charge on any atom is -0.360 e. The fourth-order valence-corrected chi connectivity index (χ4v) is 6.22. The maximum Gasteiger partial charge on any atom is 0.249 e. The van der Waals surface area contributed by atoms with Gasteiger partial charge in [-0.3, -0.25) is 9.59 Å². The van der Waals surface area contributed by atoms with Gasteiger partial charge in [0.25, 0.3) is 0 Å². The SMILES string of the molecule is CC(=O)NC1CC2CN(S(=O)(=O)c3c(C)noc3C)C(CC(C)C)C(=O)N2C1. The van der Waals surface area contributed by atoms with E-state index >= 15 is 0 Å². The summed E-state index contributed by atoms with van der Waals surface area (Å²) in [7, 11) is -3.94. The van der Waals surface area contributed by atoms with Gasteiger partial charge in [-0.15, -0.1) is 0 Å². The number of amides is 2. The number of hydrogen-bond acceptors (Lipinski definition) is 6. The third kappa shape index (κ3) is 3.67. The smallest absolute Gasteiger partial charge is 0.249 e. The van der Waals surface area contributed by atoms with Gasteiger partial charge in [-0.1, -0.05) is 19.0 Å². The first-order valence-electron chi connectivity index (χ1n) is 9.54. The van der Waals surface area contributed by atoms with E-state index in [1.807, 2.05) is 13.8 Å². The normalized spacial score (nSPS) is 26.0. The second-order valence-corrected chi connectivity index (χ2v) is 9.98. The molecule has 1 aromatic rings. The molecule has 10 heteroatoms. The van der Waals surface area contributed by atoms with Crippen molar-refractivity contribution in [1.82, 2.24) is 19.7 Å². The summed E-state index contributed by atoms with van der Waals surface area (Å²) in [5, 5.41) is 6.62. The van der Waals surface area contributed by atoms with Crippen molar-refractivity contribution in [1.29, 1.82) is 0 Å². The van der Waals surface area contributed by atoms with Crippen LogP contribution in [0, 0.1) is 19.8 Å². The van der Waals surface area contributed by atoms with Gasteiger partial charge in [-0.25, -0.2) is 8.42 Å². The first-order chi connectivity index (χ1) is 13.0. The number of rotatable bonds is 5. The molecule has 0 radical (unpaired) electrons. The van der Waals surface area contributed by atoms with E-state index in [-0.39, 0.29) is 47.0 Å². The summed E-state index contributed by atoms with van der Waals surface area (Å²) in [6.45, 7) is 9.12. The van der Waals surface area contributed by atoms with E-state index in [0.29, 0.717) is 25.1 Å². The Hall–Kier alpha value is -1.94. The highest BCUT2D eigenvalue weighted by atomic mass is 32.2. The minimum atomic E-state index is -3.94. The number of sulfonamides is 1. The fourth-order valence-electron chi connectivity index (χ4n) is 4.29. The van der Waals surface area contributed by atoms with E-state index in [0.717, 1.165) is 0 Å². The molecule has 1 aromatic heterocycles. The van der Waals surface area contributed by atoms with Crippen LogP contribution in [0.25, 0.3) is 0 Å². The van der Waals surface area contributed by atoms with Crippen LogP contribution in [0.3, 0.4) is 0 Å². The second-order valence-electron chi connectivity index (χ2n) is 8.15. The van der Waals surface area contributed by atoms with Crippen LogP contribution in [0.1, 0.15) is 45.1 Å². The first kappa shape index (κ1) is 20.8. The van der Waals surface area contributed by atoms with Gasteiger partial charge in [0.2, 0.25) is 21.8 Å². The molecule has 9 nitrogen and oxygen atoms in total. The lowest BCUT2D eigenvalue weighted by molar-refractivity contribution is -0.141. The number of nitrogens with zero attached hydrogens (tertiary/aromatic N) is 3. The quantitative estimate of drug-likeness (QED) is 0.766. The van der Waals surface area contributed by atoms with Crippen LogP contribution in [-0.2, 0) is 19.6 Å². The van der Waals surface area contributed by atoms with Crippen molar-refractivity contribution < 1.29 is 22.5 Å². The van der Waals surface area contributed by atoms with Crippen molar-refractivity contribution in [3.8, 4) is 0 Å². The topological polar surface area (TPSA) is 113 Å². The molecule has 0 bridgehead atoms. The van der Waals surface area contributed by atoms with Crippen molar-refractivity contribution in [2.24, 2.45) is 5.92 Å². The molecule has 156 valence electrons. The van der Waals surface area contributed by atoms with Gasteiger partial charge in [0.1, 0.15) is 16.6 Å². The third-order valence-corrected chi connectivity index (χ3v) is 7.48. The lowest BCUT2D eigenvalue weighted by Gasteiger charge is -2.42. The monoisotopic (exact) mass is 412 g/mol. The van der Waals surface area contributed by atoms with Crippen LogP contribution >= 0.6 is 0 Å². The summed E-state index contributed by atoms with van der Waals surface area (Å²) in [4.78, 5) is 26.4. The number of carbonyl (C=O) groups excluding carboxylic acids is 2. The predicted molar refractivity (Wildman–Crippen MR) is 101 cm³/mol. The van der Waals surface area contributed by atoms with Crippen LogP contribution in [0.4, 0.5) is 0 Å². The van der Waals surface area contributed by atoms with Crippen molar-refractivity contribution in [3.05, 3.63) is 11.5 Å². The fraction of sp³-hybridized carbons (Fsp3) is 0.722. The van der Waals surface area contributed by atoms with Crippen LogP contribution < -0.4 is 5.32 Å². The van der Waals surface area contributed by atoms with Crippen LogP contribution in [0.2, 0.25) is 0 Å². The van der Waals surface area contributed by atoms with Gasteiger partial charge in [0.05, 0.1) is 0 Å². The van der Waals surface area contributed by atoms with E-state index in [9.17, 15) is 18.0 Å². The lowest BCUT2D eigenvalue weighted by Crippen LogP contribution is -2.61. The number of piperazine rings is 1. The molecule has 2 aliphatic heterocycles. The molecular weight excluding hydrogens is 384 g/mol. The van der Waals surface area contributed by atoms with E-state index in [1.165, 1.54) is 11.2 Å². The van der Waals surface area contributed by atoms with E-state index < -0.39 is 16.1 Å². The van der Waals surface area contributed by atoms with Crippen LogP contribution in [-0.4, -0.2) is 65.8 Å². The van der Waals surface area contributed by atoms with Crippen LogP contribution in [0.15, 0.2) is 9.42 Å². The Kier molecular flexibility index (Phi) is 5.55. The largest absolute Gasteiger partial charge is 0.360 e. The highest BCUT2D eigenvalue weighted by Gasteiger charge is 2.50. The molecule has 2 amide bonds. The molecule has 3 unspecified atom stereocenters. The zero-order valence-electron chi connectivity index (χ0n) is 16.9. The Morgan fingerprint density at radius 1 is 1.32 bits per heavy atom. The Morgan fingerprint density at radius 3 is 2.54 bits per heavy atom. The highest BCUT2D eigenvalue weighted by molar-refractivity contribution is 7.89. The summed E-state index contributed by atoms with van der Waals surface area (Å²) in [5.41, 5.74) is 0.290. The maximum absolute atomic E-state index is 13.5. The number of fused-ring (bicyclic) bond motifs is 1. The number of carbonyl (C=O) groups is 2. The van der Waals surface area contributed by atoms with Gasteiger partial charge in [-0.2, -0.15) is 4.31 Å². The Bertz CT molecular complexity index is 859. The molecule has 2 aliphatic rings. The molecule has 0 aromatic carbocycles. The summed E-state index contributed by atoms with van der Waals surface area (Å²) < 4.78 is 33.3. The van der Waals surface area contributed by atoms with Gasteiger partial charge in [0, 0.05) is 32.1 Å². The zero-order chi connectivity index (χ0) is 20.8. The molecule has 2 saturated heterocycles. The molecule has 0 saturated carbocycles. The molecule has 3 rings (SSSR count). The second kappa shape index (κ2) is 7.47. The molecule has 28 heavy (non-hydrogen) atoms. The van der Waals surface area contributed by atoms with Crippen molar-refractivity contribution >= 4 is 21.8 Å². The molecule has 3 heterocycles. The Morgan fingerprint density at radius 2 is 2.00 bits per heavy atom. The number of aromatic nitrogens is 1. The van der Waals surface area contributed by atoms with Gasteiger partial charge in [-0.05, 0) is 32.6 Å². The van der Waals surface area contributed by atoms with Crippen molar-refractivity contribution in [2.45, 2.75) is 70.5 Å². The summed E-state index contributed by atoms with van der Waals surface area (Å²) >= 11 is 0. The van der Waals surface area contributed by atoms with Crippen LogP contribution in [0.5, 0.6) is 0 Å². The van der Waals surface area contributed by atoms with Gasteiger partial charge in [0.15, 0.2) is 5.76 Å². The molecular formula is C18H28N4O5S. The number of nitrogens with one attached hydrogen (secondary N) is 1. The molecule has 3 atom stereocenters. The number of hydrogen-bond donors (Lipinski definition) is 1. The number of aryl methyl sites for hydroxylation is 2. The van der Waals surface area contributed by atoms with Crippen molar-refractivity contribution in [3.63, 3.8) is 0 Å². The van der Waals surface area contributed by atoms with Gasteiger partial charge >= 0.3 is 0 Å². The van der Waals surface area contributed by atoms with E-state index in [1.54, 1.807) is 18.7 Å². The Labute approximate surface area is 165 Å². The standard InChI is InChI=1S/C18H28N4O5S/c1-10(2)6-16-18(24)21-8-14(19-13(5)23)7-15(21)9-22(16)28(25,26)17-11(3)20-27-12(17)4/h10,14-16H,6-9H2,1-5H3,(H,19,23). The molecule has 0 aliphatic carbocycles. The summed E-state index contributed by atoms with van der Waals surface area (Å²) in [5.74, 6) is 0.00389. The van der Waals surface area contributed by atoms with Gasteiger partial charge < -0.3 is 14.7 Å². The molecule has 2 fully saturated rings. The summed E-state index contributed by atoms with van der Waals surface area (Å²) in [6.07, 6.45) is 0.961. The Balaban J connectivity index is 1.97. The molecule has 0 spiro atoms. The van der Waals surface area contributed by atoms with Crippen molar-refractivity contribution in [2.75, 3.05) is 13.1 Å². The van der Waals surface area contributed by atoms with E-state index in [2.05, 4.69) is 10.5 Å². The maximum atomic E-state index is 13.5. The minimum absolute atomic E-state index is 0.0407. The average molecular weight is 413 g/mol. The summed E-state index contributed by atoms with van der Waals surface area (Å²) in [6, 6.07) is -1.19. The predicted octanol–water partition coefficient (Wildman–Crippen LogP) is 0.816. The highest BCUT2D eigenvalue weighted by Crippen LogP contribution is 2.34. The van der Waals surface area contributed by atoms with E-state index in [4.69, 9.17) is 4.52 Å². The molecule has 1 N–H and O–H groups in total. The first-order valence-corrected chi connectivity index (χ1v) is 11.0. The zero-order valence-corrected chi connectivity index (χ0v) is 17.7. The third-order valence-electron chi connectivity index (χ3n) is 5.36. The average Bonchev–Trinajstić information content (AvgIpc) is 3.12.